The van der Waals surface area contributed by atoms with E-state index in [1.54, 1.807) is 34.0 Å². The molecule has 8 aromatic rings. The number of carbonyl (C=O) groups excluding carboxylic acids is 3. The third kappa shape index (κ3) is 30.2. The maximum atomic E-state index is 12.5. The van der Waals surface area contributed by atoms with Gasteiger partial charge in [-0.3, -0.25) is 14.4 Å². The number of aliphatic carboxylic acids is 3. The molecular weight excluding hydrogens is 1720 g/mol. The van der Waals surface area contributed by atoms with Gasteiger partial charge in [0, 0.05) is 62.7 Å². The Morgan fingerprint density at radius 1 is 0.403 bits per heavy atom. The van der Waals surface area contributed by atoms with Crippen molar-refractivity contribution in [2.24, 2.45) is 21.7 Å². The van der Waals surface area contributed by atoms with E-state index >= 15 is 0 Å². The second-order valence-electron chi connectivity index (χ2n) is 38.5. The number of benzene rings is 4. The first-order chi connectivity index (χ1) is 59.6. The Balaban J connectivity index is 0.000000360. The molecule has 0 radical (unpaired) electrons. The SMILES string of the molecule is CCC(CC)(c1ccc(OCC(O)C(C)(C)C)c(C)c1)c1cc(C)c(C(=O)NCC(=O)[O-])s1.CCC(CC)(c1ccc(OCC(O)C(C)(C)C)c(C)c1)c1cc(C)c(CN(CC(=O)O)C(C)=O)s1.CCC(CC)(c1ccc(OCC(O)C(C)(C)C)c(C)c1)c1cc(C)c(CO)s1.CCC(CC)(c1ccc(OC[C@@H](O)C(C)(C)C)c(C)c1)c1cc(C)c(COCC(=O)O)s1.[Na+]. The molecule has 4 heterocycles. The van der Waals surface area contributed by atoms with E-state index < -0.39 is 54.8 Å². The van der Waals surface area contributed by atoms with Crippen molar-refractivity contribution >= 4 is 75.1 Å². The van der Waals surface area contributed by atoms with E-state index in [-0.39, 0.29) is 118 Å². The zero-order chi connectivity index (χ0) is 96.7. The van der Waals surface area contributed by atoms with Gasteiger partial charge in [0.25, 0.3) is 5.91 Å². The van der Waals surface area contributed by atoms with Crippen molar-refractivity contribution < 1.29 is 118 Å². The van der Waals surface area contributed by atoms with E-state index in [9.17, 15) is 59.7 Å². The number of rotatable bonds is 40. The molecule has 20 nitrogen and oxygen atoms in total. The molecule has 8 N–H and O–H groups in total. The predicted octanol–water partition coefficient (Wildman–Crippen LogP) is 18.0. The van der Waals surface area contributed by atoms with Crippen LogP contribution in [0.5, 0.6) is 23.0 Å². The molecule has 2 amide bonds. The largest absolute Gasteiger partial charge is 1.00 e. The summed E-state index contributed by atoms with van der Waals surface area (Å²) in [5.41, 5.74) is 11.6. The van der Waals surface area contributed by atoms with Gasteiger partial charge in [-0.1, -0.05) is 187 Å². The molecule has 129 heavy (non-hydrogen) atoms. The molecule has 0 aliphatic heterocycles. The van der Waals surface area contributed by atoms with Gasteiger partial charge in [-0.15, -0.1) is 45.3 Å². The van der Waals surface area contributed by atoms with Crippen molar-refractivity contribution in [1.82, 2.24) is 10.2 Å². The van der Waals surface area contributed by atoms with E-state index in [2.05, 4.69) is 148 Å². The number of carboxylic acid groups (broad SMARTS) is 3. The van der Waals surface area contributed by atoms with Crippen LogP contribution in [0.15, 0.2) is 97.1 Å². The zero-order valence-electron chi connectivity index (χ0n) is 83.0. The molecule has 0 fully saturated rings. The number of thiophene rings is 4. The maximum absolute atomic E-state index is 12.5. The zero-order valence-corrected chi connectivity index (χ0v) is 88.2. The van der Waals surface area contributed by atoms with Gasteiger partial charge in [0.15, 0.2) is 0 Å². The van der Waals surface area contributed by atoms with Crippen molar-refractivity contribution in [3.63, 3.8) is 0 Å². The second kappa shape index (κ2) is 49.8. The summed E-state index contributed by atoms with van der Waals surface area (Å²) in [6.07, 6.45) is 5.18. The number of ether oxygens (including phenoxy) is 5. The van der Waals surface area contributed by atoms with Crippen molar-refractivity contribution in [2.45, 2.75) is 318 Å². The smallest absolute Gasteiger partial charge is 0.548 e. The second-order valence-corrected chi connectivity index (χ2v) is 43.0. The fourth-order valence-electron chi connectivity index (χ4n) is 15.5. The molecule has 0 saturated carbocycles. The van der Waals surface area contributed by atoms with Gasteiger partial charge in [0.05, 0.1) is 61.6 Å². The van der Waals surface area contributed by atoms with Crippen molar-refractivity contribution in [2.75, 3.05) is 46.1 Å². The Morgan fingerprint density at radius 2 is 0.682 bits per heavy atom. The van der Waals surface area contributed by atoms with Crippen molar-refractivity contribution in [3.05, 3.63) is 203 Å². The van der Waals surface area contributed by atoms with E-state index in [1.807, 2.05) is 148 Å². The molecule has 4 aromatic carbocycles. The van der Waals surface area contributed by atoms with Gasteiger partial charge >= 0.3 is 41.5 Å². The van der Waals surface area contributed by atoms with Crippen LogP contribution in [0, 0.1) is 77.0 Å². The van der Waals surface area contributed by atoms with Gasteiger partial charge in [0.2, 0.25) is 5.91 Å². The summed E-state index contributed by atoms with van der Waals surface area (Å²) in [5, 5.41) is 81.9. The quantitative estimate of drug-likeness (QED) is 0.0165. The first-order valence-corrected chi connectivity index (χ1v) is 48.3. The average molecular weight is 1870 g/mol. The summed E-state index contributed by atoms with van der Waals surface area (Å²) in [6.45, 7) is 59.6. The van der Waals surface area contributed by atoms with Crippen LogP contribution in [-0.4, -0.2) is 141 Å². The van der Waals surface area contributed by atoms with Gasteiger partial charge in [0.1, 0.15) is 62.6 Å². The molecular formula is C104H151N2NaO18S4. The molecule has 25 heteroatoms. The van der Waals surface area contributed by atoms with Crippen LogP contribution < -0.4 is 58.9 Å². The molecule has 0 saturated heterocycles. The van der Waals surface area contributed by atoms with E-state index in [1.165, 1.54) is 60.0 Å². The molecule has 4 atom stereocenters. The summed E-state index contributed by atoms with van der Waals surface area (Å²) < 4.78 is 29.1. The number of nitrogens with zero attached hydrogens (tertiary/aromatic N) is 1. The van der Waals surface area contributed by atoms with E-state index in [0.717, 1.165) is 138 Å². The minimum absolute atomic E-state index is 0. The van der Waals surface area contributed by atoms with Gasteiger partial charge in [-0.2, -0.15) is 0 Å². The molecule has 0 aliphatic rings. The summed E-state index contributed by atoms with van der Waals surface area (Å²) in [7, 11) is 0. The monoisotopic (exact) mass is 1870 g/mol. The molecule has 4 aromatic heterocycles. The Kier molecular flexibility index (Phi) is 44.1. The molecule has 3 unspecified atom stereocenters. The first-order valence-electron chi connectivity index (χ1n) is 45.1. The fraction of sp³-hybridized carbons (Fsp3) is 0.567. The molecule has 0 bridgehead atoms. The number of amides is 2. The van der Waals surface area contributed by atoms with E-state index in [0.29, 0.717) is 24.6 Å². The number of hydrogen-bond acceptors (Lipinski definition) is 20. The average Bonchev–Trinajstić information content (AvgIpc) is 1.19. The number of hydrogen-bond donors (Lipinski definition) is 8. The van der Waals surface area contributed by atoms with E-state index in [4.69, 9.17) is 28.8 Å². The van der Waals surface area contributed by atoms with Crippen LogP contribution >= 0.6 is 45.3 Å². The topological polar surface area (TPSA) is 311 Å². The Labute approximate surface area is 808 Å². The van der Waals surface area contributed by atoms with Crippen LogP contribution in [0.3, 0.4) is 0 Å². The first kappa shape index (κ1) is 114. The normalized spacial score (nSPS) is 13.1. The number of nitrogens with one attached hydrogen (secondary N) is 1. The molecule has 0 spiro atoms. The van der Waals surface area contributed by atoms with Gasteiger partial charge in [-0.05, 0) is 244 Å². The molecule has 8 rings (SSSR count). The third-order valence-corrected chi connectivity index (χ3v) is 31.2. The molecule has 0 aliphatic carbocycles. The summed E-state index contributed by atoms with van der Waals surface area (Å²) in [6, 6.07) is 33.8. The van der Waals surface area contributed by atoms with Crippen LogP contribution in [0.1, 0.15) is 307 Å². The number of carbonyl (C=O) groups is 5. The minimum Gasteiger partial charge on any atom is -0.548 e. The maximum Gasteiger partial charge on any atom is 1.00 e. The predicted molar refractivity (Wildman–Crippen MR) is 519 cm³/mol. The summed E-state index contributed by atoms with van der Waals surface area (Å²) in [5.74, 6) is -0.799. The number of aryl methyl sites for hydroxylation is 8. The van der Waals surface area contributed by atoms with Crippen molar-refractivity contribution in [1.29, 1.82) is 0 Å². The van der Waals surface area contributed by atoms with Crippen molar-refractivity contribution in [3.8, 4) is 23.0 Å². The minimum atomic E-state index is -1.32. The summed E-state index contributed by atoms with van der Waals surface area (Å²) in [4.78, 5) is 67.0. The fourth-order valence-corrected chi connectivity index (χ4v) is 21.3. The van der Waals surface area contributed by atoms with Crippen LogP contribution in [0.25, 0.3) is 0 Å². The van der Waals surface area contributed by atoms with Crippen LogP contribution in [0.4, 0.5) is 0 Å². The van der Waals surface area contributed by atoms with Crippen LogP contribution in [0.2, 0.25) is 0 Å². The van der Waals surface area contributed by atoms with Gasteiger partial charge in [-0.25, -0.2) is 4.79 Å². The number of carboxylic acids is 3. The van der Waals surface area contributed by atoms with Crippen LogP contribution in [-0.2, 0) is 65.3 Å². The Morgan fingerprint density at radius 3 is 0.938 bits per heavy atom. The summed E-state index contributed by atoms with van der Waals surface area (Å²) >= 11 is 6.50. The molecule has 710 valence electrons. The Hall–Kier alpha value is -7.01. The standard InChI is InChI=1S/C28H41NO5S.C26H37NO5S.C26H38O5S.C24H36O3S.Na/c1-9-28(10-2,21-11-12-22(18(3)13-21)34-17-24(31)27(6,7)8)25-14-19(4)23(35-25)15-29(20(5)30)16-26(32)33;1-8-26(9-2,21-13-17(4)23(33-21)24(31)27-14-22(29)30)18-10-11-19(16(3)12-18)32-15-20(28)25(5,6)7;1-8-26(9-2,23-13-18(4)21(32-23)14-30-16-24(28)29)19-10-11-20(17(3)12-19)31-15-22(27)25(5,6)7;1-8-24(9-2,22-13-17(4)20(14-25)28-22)18-10-11-19(16(3)12-18)27-15-21(26)23(5,6)7;/h11-14,24,31H,9-10,15-17H2,1-8H3,(H,32,33);10-13,20,28H,8-9,14-15H2,1-7H3,(H,27,31)(H,29,30);10-13,22,27H,8-9,14-16H2,1-7H3,(H,28,29);10-13,21,25-26H,8-9,14-15H2,1-7H3;/q;;;;+1/p-1/t;;22-;;/m..1../s1. The number of aliphatic hydroxyl groups is 5. The number of aliphatic hydroxyl groups excluding tert-OH is 5. The Bertz CT molecular complexity index is 4930. The van der Waals surface area contributed by atoms with Gasteiger partial charge < -0.3 is 79.5 Å². The third-order valence-electron chi connectivity index (χ3n) is 25.5.